The summed E-state index contributed by atoms with van der Waals surface area (Å²) < 4.78 is 0. The standard InChI is InChI=1S/C16H22N2O/c1-12(13-6-3-2-4-7-13)16(19)18-10-14-8-5-9-17-15(14)11-18/h2-4,6-7,12,14-15,17H,5,8-11H2,1H3/t12?,14-,15+/m0/s1. The van der Waals surface area contributed by atoms with Gasteiger partial charge in [0.05, 0.1) is 5.92 Å². The van der Waals surface area contributed by atoms with E-state index < -0.39 is 0 Å². The van der Waals surface area contributed by atoms with Crippen molar-refractivity contribution in [2.24, 2.45) is 5.92 Å². The summed E-state index contributed by atoms with van der Waals surface area (Å²) in [5.41, 5.74) is 1.12. The number of hydrogen-bond acceptors (Lipinski definition) is 2. The van der Waals surface area contributed by atoms with Crippen LogP contribution in [0.15, 0.2) is 30.3 Å². The van der Waals surface area contributed by atoms with Crippen molar-refractivity contribution in [1.82, 2.24) is 10.2 Å². The number of hydrogen-bond donors (Lipinski definition) is 1. The van der Waals surface area contributed by atoms with E-state index in [4.69, 9.17) is 0 Å². The molecule has 3 nitrogen and oxygen atoms in total. The van der Waals surface area contributed by atoms with Crippen molar-refractivity contribution in [3.8, 4) is 0 Å². The van der Waals surface area contributed by atoms with Gasteiger partial charge in [0.25, 0.3) is 0 Å². The van der Waals surface area contributed by atoms with Crippen LogP contribution in [0.25, 0.3) is 0 Å². The highest BCUT2D eigenvalue weighted by molar-refractivity contribution is 5.83. The van der Waals surface area contributed by atoms with Crippen LogP contribution >= 0.6 is 0 Å². The molecule has 0 aliphatic carbocycles. The molecule has 2 heterocycles. The zero-order chi connectivity index (χ0) is 13.2. The summed E-state index contributed by atoms with van der Waals surface area (Å²) >= 11 is 0. The third-order valence-electron chi connectivity index (χ3n) is 4.58. The smallest absolute Gasteiger partial charge is 0.229 e. The number of piperidine rings is 1. The zero-order valence-electron chi connectivity index (χ0n) is 11.5. The quantitative estimate of drug-likeness (QED) is 0.880. The molecule has 0 bridgehead atoms. The van der Waals surface area contributed by atoms with Crippen LogP contribution in [0.3, 0.4) is 0 Å². The molecule has 102 valence electrons. The zero-order valence-corrected chi connectivity index (χ0v) is 11.5. The molecule has 19 heavy (non-hydrogen) atoms. The molecule has 2 aliphatic rings. The molecule has 2 aliphatic heterocycles. The number of benzene rings is 1. The van der Waals surface area contributed by atoms with Crippen LogP contribution in [0.2, 0.25) is 0 Å². The Balaban J connectivity index is 1.68. The van der Waals surface area contributed by atoms with Gasteiger partial charge in [-0.05, 0) is 37.8 Å². The van der Waals surface area contributed by atoms with Gasteiger partial charge in [-0.3, -0.25) is 4.79 Å². The number of nitrogens with zero attached hydrogens (tertiary/aromatic N) is 1. The van der Waals surface area contributed by atoms with E-state index in [9.17, 15) is 4.79 Å². The van der Waals surface area contributed by atoms with E-state index in [0.29, 0.717) is 12.0 Å². The van der Waals surface area contributed by atoms with Crippen LogP contribution < -0.4 is 5.32 Å². The number of fused-ring (bicyclic) bond motifs is 1. The van der Waals surface area contributed by atoms with Crippen LogP contribution in [0.4, 0.5) is 0 Å². The fourth-order valence-electron chi connectivity index (χ4n) is 3.38. The maximum atomic E-state index is 12.6. The molecule has 3 heteroatoms. The Kier molecular flexibility index (Phi) is 3.56. The van der Waals surface area contributed by atoms with Crippen LogP contribution in [-0.4, -0.2) is 36.5 Å². The maximum absolute atomic E-state index is 12.6. The highest BCUT2D eigenvalue weighted by Gasteiger charge is 2.37. The van der Waals surface area contributed by atoms with Crippen LogP contribution in [-0.2, 0) is 4.79 Å². The fourth-order valence-corrected chi connectivity index (χ4v) is 3.38. The maximum Gasteiger partial charge on any atom is 0.229 e. The van der Waals surface area contributed by atoms with Gasteiger partial charge in [-0.1, -0.05) is 30.3 Å². The van der Waals surface area contributed by atoms with E-state index >= 15 is 0 Å². The average Bonchev–Trinajstić information content (AvgIpc) is 2.90. The second-order valence-corrected chi connectivity index (χ2v) is 5.84. The molecule has 0 saturated carbocycles. The van der Waals surface area contributed by atoms with Gasteiger partial charge in [0.15, 0.2) is 0 Å². The molecule has 2 fully saturated rings. The van der Waals surface area contributed by atoms with Gasteiger partial charge in [0, 0.05) is 19.1 Å². The van der Waals surface area contributed by atoms with Gasteiger partial charge in [-0.25, -0.2) is 0 Å². The number of amides is 1. The largest absolute Gasteiger partial charge is 0.340 e. The Morgan fingerprint density at radius 3 is 2.84 bits per heavy atom. The Labute approximate surface area is 115 Å². The molecule has 1 N–H and O–H groups in total. The Morgan fingerprint density at radius 1 is 1.32 bits per heavy atom. The van der Waals surface area contributed by atoms with Gasteiger partial charge in [0.2, 0.25) is 5.91 Å². The number of nitrogens with one attached hydrogen (secondary N) is 1. The lowest BCUT2D eigenvalue weighted by Gasteiger charge is -2.24. The molecule has 3 atom stereocenters. The molecule has 0 spiro atoms. The van der Waals surface area contributed by atoms with E-state index in [0.717, 1.165) is 25.2 Å². The van der Waals surface area contributed by atoms with E-state index in [1.165, 1.54) is 12.8 Å². The van der Waals surface area contributed by atoms with Crippen LogP contribution in [0.1, 0.15) is 31.2 Å². The van der Waals surface area contributed by atoms with Gasteiger partial charge < -0.3 is 10.2 Å². The van der Waals surface area contributed by atoms with Gasteiger partial charge in [-0.2, -0.15) is 0 Å². The number of rotatable bonds is 2. The normalized spacial score (nSPS) is 27.9. The lowest BCUT2D eigenvalue weighted by atomic mass is 9.94. The second-order valence-electron chi connectivity index (χ2n) is 5.84. The van der Waals surface area contributed by atoms with Crippen molar-refractivity contribution >= 4 is 5.91 Å². The van der Waals surface area contributed by atoms with Gasteiger partial charge in [0.1, 0.15) is 0 Å². The van der Waals surface area contributed by atoms with E-state index in [2.05, 4.69) is 10.2 Å². The second kappa shape index (κ2) is 5.33. The van der Waals surface area contributed by atoms with Crippen molar-refractivity contribution in [2.75, 3.05) is 19.6 Å². The van der Waals surface area contributed by atoms with Crippen molar-refractivity contribution < 1.29 is 4.79 Å². The van der Waals surface area contributed by atoms with Crippen LogP contribution in [0, 0.1) is 5.92 Å². The summed E-state index contributed by atoms with van der Waals surface area (Å²) in [7, 11) is 0. The first-order chi connectivity index (χ1) is 9.25. The lowest BCUT2D eigenvalue weighted by Crippen LogP contribution is -2.41. The summed E-state index contributed by atoms with van der Waals surface area (Å²) in [4.78, 5) is 14.6. The third kappa shape index (κ3) is 2.52. The fraction of sp³-hybridized carbons (Fsp3) is 0.562. The van der Waals surface area contributed by atoms with Crippen molar-refractivity contribution in [2.45, 2.75) is 31.7 Å². The number of carbonyl (C=O) groups excluding carboxylic acids is 1. The summed E-state index contributed by atoms with van der Waals surface area (Å²) in [5.74, 6) is 0.921. The minimum Gasteiger partial charge on any atom is -0.340 e. The number of likely N-dealkylation sites (tertiary alicyclic amines) is 1. The summed E-state index contributed by atoms with van der Waals surface area (Å²) in [6.07, 6.45) is 2.51. The lowest BCUT2D eigenvalue weighted by molar-refractivity contribution is -0.131. The monoisotopic (exact) mass is 258 g/mol. The highest BCUT2D eigenvalue weighted by Crippen LogP contribution is 2.27. The molecule has 1 amide bonds. The van der Waals surface area contributed by atoms with E-state index in [-0.39, 0.29) is 11.8 Å². The summed E-state index contributed by atoms with van der Waals surface area (Å²) in [6.45, 7) is 4.96. The molecule has 2 saturated heterocycles. The number of carbonyl (C=O) groups is 1. The Hall–Kier alpha value is -1.35. The average molecular weight is 258 g/mol. The van der Waals surface area contributed by atoms with Crippen molar-refractivity contribution in [3.63, 3.8) is 0 Å². The molecule has 1 aromatic carbocycles. The van der Waals surface area contributed by atoms with Crippen molar-refractivity contribution in [1.29, 1.82) is 0 Å². The first-order valence-corrected chi connectivity index (χ1v) is 7.33. The third-order valence-corrected chi connectivity index (χ3v) is 4.58. The van der Waals surface area contributed by atoms with E-state index in [1.807, 2.05) is 37.3 Å². The topological polar surface area (TPSA) is 32.3 Å². The molecular weight excluding hydrogens is 236 g/mol. The molecule has 0 aromatic heterocycles. The molecule has 3 rings (SSSR count). The molecule has 0 radical (unpaired) electrons. The minimum absolute atomic E-state index is 0.0265. The summed E-state index contributed by atoms with van der Waals surface area (Å²) in [5, 5.41) is 3.55. The van der Waals surface area contributed by atoms with Gasteiger partial charge >= 0.3 is 0 Å². The summed E-state index contributed by atoms with van der Waals surface area (Å²) in [6, 6.07) is 10.6. The first-order valence-electron chi connectivity index (χ1n) is 7.33. The van der Waals surface area contributed by atoms with Crippen LogP contribution in [0.5, 0.6) is 0 Å². The molecule has 1 unspecified atom stereocenters. The van der Waals surface area contributed by atoms with Crippen molar-refractivity contribution in [3.05, 3.63) is 35.9 Å². The Bertz CT molecular complexity index is 431. The first kappa shape index (κ1) is 12.7. The highest BCUT2D eigenvalue weighted by atomic mass is 16.2. The van der Waals surface area contributed by atoms with Gasteiger partial charge in [-0.15, -0.1) is 0 Å². The minimum atomic E-state index is -0.0265. The molecular formula is C16H22N2O. The predicted octanol–water partition coefficient (Wildman–Crippen LogP) is 2.00. The van der Waals surface area contributed by atoms with E-state index in [1.54, 1.807) is 0 Å². The predicted molar refractivity (Wildman–Crippen MR) is 76.0 cm³/mol. The molecule has 1 aromatic rings. The SMILES string of the molecule is CC(C(=O)N1C[C@@H]2CCCN[C@@H]2C1)c1ccccc1. The Morgan fingerprint density at radius 2 is 2.11 bits per heavy atom.